The first-order valence-corrected chi connectivity index (χ1v) is 13.2. The number of benzene rings is 3. The van der Waals surface area contributed by atoms with E-state index in [0.29, 0.717) is 27.9 Å². The summed E-state index contributed by atoms with van der Waals surface area (Å²) >= 11 is 1.01. The smallest absolute Gasteiger partial charge is 0.264 e. The quantitative estimate of drug-likeness (QED) is 0.343. The standard InChI is InChI=1S/C26H23N3O5S2/c1-16(2)17-6-11-21(12-7-17)36(32,33)29-26(31)25(19-8-13-23-24(14-19)28-35-27-23)22(15-30)18-4-9-20(34-3)10-5-18/h4-14,16,25H,1-3H3,(H,29,31). The molecule has 0 saturated heterocycles. The van der Waals surface area contributed by atoms with E-state index in [2.05, 4.69) is 13.5 Å². The fourth-order valence-electron chi connectivity index (χ4n) is 3.77. The molecule has 3 aromatic carbocycles. The number of sulfonamides is 1. The maximum Gasteiger partial charge on any atom is 0.264 e. The van der Waals surface area contributed by atoms with Crippen molar-refractivity contribution in [2.24, 2.45) is 0 Å². The Balaban J connectivity index is 1.75. The van der Waals surface area contributed by atoms with Gasteiger partial charge in [-0.25, -0.2) is 17.9 Å². The summed E-state index contributed by atoms with van der Waals surface area (Å²) in [5.74, 6) is 0.484. The van der Waals surface area contributed by atoms with E-state index in [0.717, 1.165) is 17.3 Å². The number of aromatic nitrogens is 2. The average molecular weight is 522 g/mol. The van der Waals surface area contributed by atoms with Crippen LogP contribution in [0.1, 0.15) is 42.4 Å². The molecule has 0 aliphatic rings. The van der Waals surface area contributed by atoms with Crippen LogP contribution in [-0.4, -0.2) is 36.1 Å². The number of rotatable bonds is 8. The van der Waals surface area contributed by atoms with Gasteiger partial charge in [-0.3, -0.25) is 4.79 Å². The highest BCUT2D eigenvalue weighted by atomic mass is 32.2. The van der Waals surface area contributed by atoms with Crippen LogP contribution in [0.25, 0.3) is 16.6 Å². The predicted molar refractivity (Wildman–Crippen MR) is 138 cm³/mol. The lowest BCUT2D eigenvalue weighted by Gasteiger charge is -2.19. The normalized spacial score (nSPS) is 12.2. The van der Waals surface area contributed by atoms with Gasteiger partial charge in [0.05, 0.1) is 29.3 Å². The molecular formula is C26H23N3O5S2. The molecule has 1 atom stereocenters. The highest BCUT2D eigenvalue weighted by Gasteiger charge is 2.31. The molecule has 184 valence electrons. The molecule has 36 heavy (non-hydrogen) atoms. The fourth-order valence-corrected chi connectivity index (χ4v) is 5.28. The summed E-state index contributed by atoms with van der Waals surface area (Å²) in [7, 11) is -2.70. The van der Waals surface area contributed by atoms with Gasteiger partial charge in [-0.2, -0.15) is 8.75 Å². The Kier molecular flexibility index (Phi) is 7.30. The van der Waals surface area contributed by atoms with Gasteiger partial charge in [-0.1, -0.05) is 44.2 Å². The van der Waals surface area contributed by atoms with Crippen molar-refractivity contribution in [2.45, 2.75) is 30.6 Å². The van der Waals surface area contributed by atoms with Gasteiger partial charge in [0.1, 0.15) is 28.6 Å². The lowest BCUT2D eigenvalue weighted by Crippen LogP contribution is -2.35. The number of amides is 1. The van der Waals surface area contributed by atoms with Crippen molar-refractivity contribution in [3.05, 3.63) is 83.4 Å². The molecule has 1 amide bonds. The summed E-state index contributed by atoms with van der Waals surface area (Å²) in [6.07, 6.45) is 0. The monoisotopic (exact) mass is 521 g/mol. The second kappa shape index (κ2) is 10.4. The lowest BCUT2D eigenvalue weighted by molar-refractivity contribution is -0.119. The molecule has 0 spiro atoms. The first-order chi connectivity index (χ1) is 17.2. The van der Waals surface area contributed by atoms with Crippen molar-refractivity contribution >= 4 is 50.2 Å². The second-order valence-corrected chi connectivity index (χ2v) is 10.6. The first-order valence-electron chi connectivity index (χ1n) is 11.0. The van der Waals surface area contributed by atoms with Gasteiger partial charge in [-0.05, 0) is 59.0 Å². The summed E-state index contributed by atoms with van der Waals surface area (Å²) in [5, 5.41) is 0. The van der Waals surface area contributed by atoms with Crippen molar-refractivity contribution in [3.8, 4) is 5.75 Å². The van der Waals surface area contributed by atoms with Crippen molar-refractivity contribution in [1.82, 2.24) is 13.5 Å². The number of carbonyl (C=O) groups excluding carboxylic acids is 2. The summed E-state index contributed by atoms with van der Waals surface area (Å²) in [5.41, 5.74) is 2.88. The zero-order valence-electron chi connectivity index (χ0n) is 19.8. The highest BCUT2D eigenvalue weighted by Crippen LogP contribution is 2.33. The Morgan fingerprint density at radius 2 is 1.58 bits per heavy atom. The molecule has 4 rings (SSSR count). The van der Waals surface area contributed by atoms with Crippen molar-refractivity contribution < 1.29 is 22.7 Å². The molecule has 0 aliphatic carbocycles. The molecule has 1 heterocycles. The van der Waals surface area contributed by atoms with Gasteiger partial charge in [0, 0.05) is 0 Å². The van der Waals surface area contributed by atoms with Gasteiger partial charge in [-0.15, -0.1) is 0 Å². The fraction of sp³-hybridized carbons (Fsp3) is 0.192. The number of nitrogens with one attached hydrogen (secondary N) is 1. The summed E-state index contributed by atoms with van der Waals surface area (Å²) in [6.45, 7) is 3.99. The number of methoxy groups -OCH3 is 1. The Morgan fingerprint density at radius 1 is 0.944 bits per heavy atom. The molecule has 8 nitrogen and oxygen atoms in total. The van der Waals surface area contributed by atoms with Crippen LogP contribution in [0.15, 0.2) is 71.6 Å². The van der Waals surface area contributed by atoms with Crippen molar-refractivity contribution in [3.63, 3.8) is 0 Å². The van der Waals surface area contributed by atoms with Crippen LogP contribution in [0.2, 0.25) is 0 Å². The van der Waals surface area contributed by atoms with Gasteiger partial charge in [0.25, 0.3) is 10.0 Å². The van der Waals surface area contributed by atoms with E-state index in [9.17, 15) is 18.0 Å². The number of fused-ring (bicyclic) bond motifs is 1. The number of ether oxygens (including phenoxy) is 1. The molecular weight excluding hydrogens is 498 g/mol. The molecule has 0 fully saturated rings. The summed E-state index contributed by atoms with van der Waals surface area (Å²) in [6, 6.07) is 17.7. The van der Waals surface area contributed by atoms with Crippen LogP contribution in [-0.2, 0) is 19.6 Å². The minimum absolute atomic E-state index is 0.0250. The maximum absolute atomic E-state index is 13.5. The van der Waals surface area contributed by atoms with E-state index in [1.54, 1.807) is 54.6 Å². The van der Waals surface area contributed by atoms with Crippen LogP contribution < -0.4 is 9.46 Å². The van der Waals surface area contributed by atoms with E-state index in [1.165, 1.54) is 19.2 Å². The van der Waals surface area contributed by atoms with Crippen LogP contribution in [0, 0.1) is 0 Å². The Morgan fingerprint density at radius 3 is 2.19 bits per heavy atom. The third kappa shape index (κ3) is 5.21. The third-order valence-electron chi connectivity index (χ3n) is 5.77. The Bertz CT molecular complexity index is 1550. The van der Waals surface area contributed by atoms with E-state index in [4.69, 9.17) is 4.74 Å². The number of carbonyl (C=O) groups is 1. The highest BCUT2D eigenvalue weighted by molar-refractivity contribution is 7.90. The molecule has 0 saturated carbocycles. The number of hydrogen-bond donors (Lipinski definition) is 1. The molecule has 0 radical (unpaired) electrons. The Hall–Kier alpha value is -3.85. The van der Waals surface area contributed by atoms with Gasteiger partial charge in [0.2, 0.25) is 5.91 Å². The molecule has 1 unspecified atom stereocenters. The average Bonchev–Trinajstić information content (AvgIpc) is 3.35. The zero-order valence-corrected chi connectivity index (χ0v) is 21.4. The van der Waals surface area contributed by atoms with Gasteiger partial charge in [0.15, 0.2) is 0 Å². The van der Waals surface area contributed by atoms with E-state index in [-0.39, 0.29) is 16.4 Å². The second-order valence-electron chi connectivity index (χ2n) is 8.38. The predicted octanol–water partition coefficient (Wildman–Crippen LogP) is 4.33. The molecule has 4 aromatic rings. The molecule has 1 N–H and O–H groups in total. The third-order valence-corrected chi connectivity index (χ3v) is 7.68. The van der Waals surface area contributed by atoms with Crippen molar-refractivity contribution in [1.29, 1.82) is 0 Å². The lowest BCUT2D eigenvalue weighted by atomic mass is 9.87. The van der Waals surface area contributed by atoms with Crippen LogP contribution in [0.3, 0.4) is 0 Å². The van der Waals surface area contributed by atoms with E-state index < -0.39 is 21.8 Å². The Labute approximate surface area is 213 Å². The maximum atomic E-state index is 13.5. The van der Waals surface area contributed by atoms with E-state index in [1.807, 2.05) is 19.8 Å². The van der Waals surface area contributed by atoms with E-state index >= 15 is 0 Å². The largest absolute Gasteiger partial charge is 0.497 e. The van der Waals surface area contributed by atoms with Crippen LogP contribution in [0.5, 0.6) is 5.75 Å². The molecule has 1 aromatic heterocycles. The molecule has 10 heteroatoms. The zero-order chi connectivity index (χ0) is 25.9. The minimum atomic E-state index is -4.21. The molecule has 0 aliphatic heterocycles. The summed E-state index contributed by atoms with van der Waals surface area (Å²) < 4.78 is 41.8. The van der Waals surface area contributed by atoms with Crippen LogP contribution in [0.4, 0.5) is 0 Å². The SMILES string of the molecule is COc1ccc(C(=C=O)C(C(=O)NS(=O)(=O)c2ccc(C(C)C)cc2)c2ccc3nsnc3c2)cc1. The number of hydrogen-bond acceptors (Lipinski definition) is 8. The minimum Gasteiger partial charge on any atom is -0.497 e. The van der Waals surface area contributed by atoms with Crippen molar-refractivity contribution in [2.75, 3.05) is 7.11 Å². The van der Waals surface area contributed by atoms with Crippen LogP contribution >= 0.6 is 11.7 Å². The summed E-state index contributed by atoms with van der Waals surface area (Å²) in [4.78, 5) is 25.7. The first kappa shape index (κ1) is 25.2. The topological polar surface area (TPSA) is 115 Å². The molecule has 0 bridgehead atoms. The van der Waals surface area contributed by atoms with Gasteiger partial charge >= 0.3 is 0 Å². The van der Waals surface area contributed by atoms with Gasteiger partial charge < -0.3 is 4.74 Å². The number of nitrogens with zero attached hydrogens (tertiary/aromatic N) is 2.